The van der Waals surface area contributed by atoms with Gasteiger partial charge in [0.15, 0.2) is 0 Å². The number of methoxy groups -OCH3 is 2. The summed E-state index contributed by atoms with van der Waals surface area (Å²) in [7, 11) is 3.12. The number of phenols is 1. The molecule has 5 heteroatoms. The molecule has 1 saturated heterocycles. The number of aryl methyl sites for hydroxylation is 1. The molecule has 162 valence electrons. The molecule has 1 N–H and O–H groups in total. The molecule has 0 radical (unpaired) electrons. The Labute approximate surface area is 179 Å². The molecule has 3 unspecified atom stereocenters. The number of rotatable bonds is 6. The number of carbonyl (C=O) groups is 1. The van der Waals surface area contributed by atoms with E-state index in [-0.39, 0.29) is 24.0 Å². The fraction of sp³-hybridized carbons (Fsp3) is 0.480. The molecule has 0 saturated carbocycles. The minimum Gasteiger partial charge on any atom is -0.507 e. The van der Waals surface area contributed by atoms with E-state index < -0.39 is 0 Å². The molecule has 2 aromatic carbocycles. The van der Waals surface area contributed by atoms with Gasteiger partial charge in [-0.3, -0.25) is 4.79 Å². The minimum absolute atomic E-state index is 0.0740. The summed E-state index contributed by atoms with van der Waals surface area (Å²) in [4.78, 5) is 15.3. The second kappa shape index (κ2) is 9.41. The Morgan fingerprint density at radius 1 is 1.10 bits per heavy atom. The molecule has 1 aliphatic rings. The van der Waals surface area contributed by atoms with Gasteiger partial charge in [-0.2, -0.15) is 0 Å². The molecule has 1 heterocycles. The Bertz CT molecular complexity index is 867. The monoisotopic (exact) mass is 411 g/mol. The number of aromatic hydroxyl groups is 1. The van der Waals surface area contributed by atoms with Gasteiger partial charge < -0.3 is 19.5 Å². The van der Waals surface area contributed by atoms with Crippen LogP contribution in [0.5, 0.6) is 17.2 Å². The summed E-state index contributed by atoms with van der Waals surface area (Å²) < 4.78 is 10.9. The lowest BCUT2D eigenvalue weighted by Crippen LogP contribution is -2.43. The number of amides is 1. The van der Waals surface area contributed by atoms with Crippen LogP contribution in [0, 0.1) is 18.8 Å². The fourth-order valence-electron chi connectivity index (χ4n) is 4.58. The van der Waals surface area contributed by atoms with Gasteiger partial charge in [0.2, 0.25) is 5.91 Å². The van der Waals surface area contributed by atoms with Gasteiger partial charge in [-0.15, -0.1) is 0 Å². The maximum absolute atomic E-state index is 13.3. The number of hydrogen-bond donors (Lipinski definition) is 1. The van der Waals surface area contributed by atoms with E-state index in [1.165, 1.54) is 0 Å². The van der Waals surface area contributed by atoms with Gasteiger partial charge in [-0.25, -0.2) is 0 Å². The zero-order chi connectivity index (χ0) is 21.8. The van der Waals surface area contributed by atoms with Gasteiger partial charge in [-0.1, -0.05) is 43.7 Å². The predicted octanol–water partition coefficient (Wildman–Crippen LogP) is 4.74. The molecule has 1 fully saturated rings. The van der Waals surface area contributed by atoms with Crippen molar-refractivity contribution in [3.63, 3.8) is 0 Å². The van der Waals surface area contributed by atoms with E-state index in [2.05, 4.69) is 13.8 Å². The number of phenolic OH excluding ortho intramolecular Hbond substituents is 1. The summed E-state index contributed by atoms with van der Waals surface area (Å²) in [6.07, 6.45) is 1.43. The number of benzene rings is 2. The molecule has 3 rings (SSSR count). The van der Waals surface area contributed by atoms with Crippen LogP contribution < -0.4 is 9.47 Å². The number of hydrogen-bond acceptors (Lipinski definition) is 4. The van der Waals surface area contributed by atoms with Crippen molar-refractivity contribution in [3.05, 3.63) is 53.1 Å². The minimum atomic E-state index is -0.313. The highest BCUT2D eigenvalue weighted by molar-refractivity contribution is 5.78. The van der Waals surface area contributed by atoms with Crippen molar-refractivity contribution < 1.29 is 19.4 Å². The summed E-state index contributed by atoms with van der Waals surface area (Å²) in [6, 6.07) is 11.5. The lowest BCUT2D eigenvalue weighted by Gasteiger charge is -2.36. The summed E-state index contributed by atoms with van der Waals surface area (Å²) in [5.74, 6) is 1.90. The SMILES string of the molecule is COc1cc(O)c(C(CC(=O)N2CC(C)CC(C)C2)c2ccc(C)cc2)c(OC)c1. The number of likely N-dealkylation sites (tertiary alicyclic amines) is 1. The van der Waals surface area contributed by atoms with Crippen molar-refractivity contribution in [2.45, 2.75) is 39.5 Å². The van der Waals surface area contributed by atoms with E-state index in [0.29, 0.717) is 28.9 Å². The molecule has 2 aromatic rings. The van der Waals surface area contributed by atoms with E-state index in [1.54, 1.807) is 26.4 Å². The average Bonchev–Trinajstić information content (AvgIpc) is 2.71. The second-order valence-electron chi connectivity index (χ2n) is 8.67. The molecule has 5 nitrogen and oxygen atoms in total. The van der Waals surface area contributed by atoms with Crippen molar-refractivity contribution in [2.75, 3.05) is 27.3 Å². The molecule has 0 aromatic heterocycles. The van der Waals surface area contributed by atoms with E-state index >= 15 is 0 Å². The summed E-state index contributed by atoms with van der Waals surface area (Å²) in [5.41, 5.74) is 2.74. The van der Waals surface area contributed by atoms with Gasteiger partial charge in [0, 0.05) is 43.1 Å². The molecule has 3 atom stereocenters. The number of ether oxygens (including phenoxy) is 2. The Hall–Kier alpha value is -2.69. The third kappa shape index (κ3) is 4.89. The van der Waals surface area contributed by atoms with E-state index in [1.807, 2.05) is 36.1 Å². The average molecular weight is 412 g/mol. The van der Waals surface area contributed by atoms with Crippen molar-refractivity contribution in [2.24, 2.45) is 11.8 Å². The molecule has 30 heavy (non-hydrogen) atoms. The molecule has 1 aliphatic heterocycles. The van der Waals surface area contributed by atoms with E-state index in [4.69, 9.17) is 9.47 Å². The summed E-state index contributed by atoms with van der Waals surface area (Å²) in [5, 5.41) is 10.8. The van der Waals surface area contributed by atoms with Gasteiger partial charge in [0.05, 0.1) is 14.2 Å². The Morgan fingerprint density at radius 3 is 2.30 bits per heavy atom. The van der Waals surface area contributed by atoms with Crippen LogP contribution in [0.4, 0.5) is 0 Å². The summed E-state index contributed by atoms with van der Waals surface area (Å²) >= 11 is 0. The first-order chi connectivity index (χ1) is 14.3. The first kappa shape index (κ1) is 22.0. The maximum Gasteiger partial charge on any atom is 0.223 e. The van der Waals surface area contributed by atoms with Gasteiger partial charge in [-0.05, 0) is 30.7 Å². The normalized spacial score (nSPS) is 20.0. The van der Waals surface area contributed by atoms with Crippen LogP contribution >= 0.6 is 0 Å². The van der Waals surface area contributed by atoms with Crippen LogP contribution in [0.3, 0.4) is 0 Å². The highest BCUT2D eigenvalue weighted by atomic mass is 16.5. The standard InChI is InChI=1S/C25H33NO4/c1-16-6-8-19(9-7-16)21(13-24(28)26-14-17(2)10-18(3)15-26)25-22(27)11-20(29-4)12-23(25)30-5/h6-9,11-12,17-18,21,27H,10,13-15H2,1-5H3. The van der Waals surface area contributed by atoms with E-state index in [0.717, 1.165) is 30.6 Å². The molecule has 0 spiro atoms. The quantitative estimate of drug-likeness (QED) is 0.746. The van der Waals surface area contributed by atoms with Crippen molar-refractivity contribution in [3.8, 4) is 17.2 Å². The van der Waals surface area contributed by atoms with Gasteiger partial charge in [0.1, 0.15) is 17.2 Å². The highest BCUT2D eigenvalue weighted by Crippen LogP contribution is 2.43. The first-order valence-corrected chi connectivity index (χ1v) is 10.6. The fourth-order valence-corrected chi connectivity index (χ4v) is 4.58. The second-order valence-corrected chi connectivity index (χ2v) is 8.67. The van der Waals surface area contributed by atoms with Crippen molar-refractivity contribution in [1.82, 2.24) is 4.90 Å². The number of nitrogens with zero attached hydrogens (tertiary/aromatic N) is 1. The number of piperidine rings is 1. The summed E-state index contributed by atoms with van der Waals surface area (Å²) in [6.45, 7) is 8.01. The van der Waals surface area contributed by atoms with Gasteiger partial charge >= 0.3 is 0 Å². The van der Waals surface area contributed by atoms with Crippen LogP contribution in [-0.2, 0) is 4.79 Å². The van der Waals surface area contributed by atoms with Crippen LogP contribution in [0.15, 0.2) is 36.4 Å². The third-order valence-corrected chi connectivity index (χ3v) is 5.98. The van der Waals surface area contributed by atoms with Crippen LogP contribution in [-0.4, -0.2) is 43.2 Å². The predicted molar refractivity (Wildman–Crippen MR) is 118 cm³/mol. The largest absolute Gasteiger partial charge is 0.507 e. The Morgan fingerprint density at radius 2 is 1.73 bits per heavy atom. The molecule has 1 amide bonds. The van der Waals surface area contributed by atoms with Crippen LogP contribution in [0.2, 0.25) is 0 Å². The highest BCUT2D eigenvalue weighted by Gasteiger charge is 2.30. The van der Waals surface area contributed by atoms with Crippen LogP contribution in [0.25, 0.3) is 0 Å². The number of carbonyl (C=O) groups excluding carboxylic acids is 1. The molecule has 0 aliphatic carbocycles. The lowest BCUT2D eigenvalue weighted by molar-refractivity contribution is -0.134. The Balaban J connectivity index is 2.00. The molecular formula is C25H33NO4. The van der Waals surface area contributed by atoms with Crippen molar-refractivity contribution in [1.29, 1.82) is 0 Å². The maximum atomic E-state index is 13.3. The lowest BCUT2D eigenvalue weighted by atomic mass is 9.85. The van der Waals surface area contributed by atoms with Crippen molar-refractivity contribution >= 4 is 5.91 Å². The topological polar surface area (TPSA) is 59.0 Å². The third-order valence-electron chi connectivity index (χ3n) is 5.98. The zero-order valence-corrected chi connectivity index (χ0v) is 18.6. The smallest absolute Gasteiger partial charge is 0.223 e. The Kier molecular flexibility index (Phi) is 6.91. The molecular weight excluding hydrogens is 378 g/mol. The zero-order valence-electron chi connectivity index (χ0n) is 18.6. The van der Waals surface area contributed by atoms with E-state index in [9.17, 15) is 9.90 Å². The van der Waals surface area contributed by atoms with Crippen LogP contribution in [0.1, 0.15) is 49.3 Å². The first-order valence-electron chi connectivity index (χ1n) is 10.6. The van der Waals surface area contributed by atoms with Gasteiger partial charge in [0.25, 0.3) is 0 Å². The molecule has 0 bridgehead atoms.